The van der Waals surface area contributed by atoms with E-state index in [0.717, 1.165) is 0 Å². The Balaban J connectivity index is 2.10. The first-order valence-corrected chi connectivity index (χ1v) is 6.00. The molecule has 0 atom stereocenters. The van der Waals surface area contributed by atoms with Crippen LogP contribution in [0.4, 0.5) is 14.9 Å². The van der Waals surface area contributed by atoms with Crippen LogP contribution in [0.1, 0.15) is 0 Å². The normalized spacial score (nSPS) is 10.1. The molecule has 2 rings (SSSR count). The molecule has 2 aromatic rings. The van der Waals surface area contributed by atoms with E-state index in [9.17, 15) is 9.18 Å². The van der Waals surface area contributed by atoms with Crippen molar-refractivity contribution in [2.75, 3.05) is 5.32 Å². The first kappa shape index (κ1) is 13.6. The average molecular weight is 300 g/mol. The van der Waals surface area contributed by atoms with E-state index in [1.807, 2.05) is 0 Å². The van der Waals surface area contributed by atoms with Gasteiger partial charge in [-0.3, -0.25) is 5.32 Å². The minimum absolute atomic E-state index is 0.0191. The molecule has 0 aliphatic rings. The highest BCUT2D eigenvalue weighted by Gasteiger charge is 2.11. The van der Waals surface area contributed by atoms with Crippen LogP contribution < -0.4 is 10.1 Å². The Morgan fingerprint density at radius 1 is 1.16 bits per heavy atom. The van der Waals surface area contributed by atoms with E-state index in [4.69, 9.17) is 27.9 Å². The van der Waals surface area contributed by atoms with Crippen LogP contribution in [0.2, 0.25) is 10.0 Å². The van der Waals surface area contributed by atoms with Crippen molar-refractivity contribution in [2.24, 2.45) is 0 Å². The fraction of sp³-hybridized carbons (Fsp3) is 0. The zero-order chi connectivity index (χ0) is 13.8. The summed E-state index contributed by atoms with van der Waals surface area (Å²) >= 11 is 11.6. The van der Waals surface area contributed by atoms with Crippen LogP contribution in [0.3, 0.4) is 0 Å². The SMILES string of the molecule is O=C(Nc1ccccc1F)Oc1cc(Cl)ccc1Cl. The van der Waals surface area contributed by atoms with E-state index in [1.54, 1.807) is 12.1 Å². The summed E-state index contributed by atoms with van der Waals surface area (Å²) in [5.41, 5.74) is 0.0191. The number of benzene rings is 2. The third-order valence-corrected chi connectivity index (χ3v) is 2.75. The lowest BCUT2D eigenvalue weighted by Crippen LogP contribution is -2.17. The molecule has 19 heavy (non-hydrogen) atoms. The van der Waals surface area contributed by atoms with Crippen molar-refractivity contribution in [1.29, 1.82) is 0 Å². The van der Waals surface area contributed by atoms with E-state index < -0.39 is 11.9 Å². The molecule has 0 heterocycles. The molecule has 0 fully saturated rings. The molecule has 0 radical (unpaired) electrons. The molecule has 98 valence electrons. The van der Waals surface area contributed by atoms with Crippen LogP contribution in [0, 0.1) is 5.82 Å². The van der Waals surface area contributed by atoms with E-state index in [1.165, 1.54) is 30.3 Å². The van der Waals surface area contributed by atoms with E-state index >= 15 is 0 Å². The lowest BCUT2D eigenvalue weighted by Gasteiger charge is -2.08. The fourth-order valence-corrected chi connectivity index (χ4v) is 1.67. The second-order valence-corrected chi connectivity index (χ2v) is 4.41. The molecule has 0 bridgehead atoms. The average Bonchev–Trinajstić information content (AvgIpc) is 2.37. The number of amides is 1. The first-order valence-electron chi connectivity index (χ1n) is 5.24. The van der Waals surface area contributed by atoms with Crippen molar-refractivity contribution in [2.45, 2.75) is 0 Å². The van der Waals surface area contributed by atoms with Crippen LogP contribution >= 0.6 is 23.2 Å². The predicted molar refractivity (Wildman–Crippen MR) is 72.5 cm³/mol. The van der Waals surface area contributed by atoms with Gasteiger partial charge in [0.15, 0.2) is 5.75 Å². The van der Waals surface area contributed by atoms with Crippen LogP contribution in [0.25, 0.3) is 0 Å². The molecule has 0 aliphatic heterocycles. The highest BCUT2D eigenvalue weighted by atomic mass is 35.5. The number of anilines is 1. The largest absolute Gasteiger partial charge is 0.417 e. The van der Waals surface area contributed by atoms with Gasteiger partial charge in [-0.25, -0.2) is 9.18 Å². The highest BCUT2D eigenvalue weighted by molar-refractivity contribution is 6.34. The molecule has 0 spiro atoms. The van der Waals surface area contributed by atoms with Gasteiger partial charge >= 0.3 is 6.09 Å². The number of halogens is 3. The van der Waals surface area contributed by atoms with Gasteiger partial charge in [-0.2, -0.15) is 0 Å². The van der Waals surface area contributed by atoms with Crippen LogP contribution in [-0.4, -0.2) is 6.09 Å². The number of hydrogen-bond acceptors (Lipinski definition) is 2. The standard InChI is InChI=1S/C13H8Cl2FNO2/c14-8-5-6-9(15)12(7-8)19-13(18)17-11-4-2-1-3-10(11)16/h1-7H,(H,17,18). The van der Waals surface area contributed by atoms with Gasteiger partial charge in [0, 0.05) is 11.1 Å². The summed E-state index contributed by atoms with van der Waals surface area (Å²) in [7, 11) is 0. The van der Waals surface area contributed by atoms with Crippen LogP contribution in [0.15, 0.2) is 42.5 Å². The van der Waals surface area contributed by atoms with Crippen molar-refractivity contribution < 1.29 is 13.9 Å². The maximum absolute atomic E-state index is 13.3. The molecular weight excluding hydrogens is 292 g/mol. The van der Waals surface area contributed by atoms with Crippen LogP contribution in [-0.2, 0) is 0 Å². The summed E-state index contributed by atoms with van der Waals surface area (Å²) in [5.74, 6) is -0.459. The highest BCUT2D eigenvalue weighted by Crippen LogP contribution is 2.28. The quantitative estimate of drug-likeness (QED) is 0.869. The molecule has 0 saturated heterocycles. The van der Waals surface area contributed by atoms with Gasteiger partial charge in [0.2, 0.25) is 0 Å². The summed E-state index contributed by atoms with van der Waals surface area (Å²) in [6, 6.07) is 10.2. The number of carbonyl (C=O) groups is 1. The molecule has 1 amide bonds. The number of nitrogens with one attached hydrogen (secondary N) is 1. The maximum Gasteiger partial charge on any atom is 0.417 e. The minimum atomic E-state index is -0.853. The van der Waals surface area contributed by atoms with Gasteiger partial charge in [0.25, 0.3) is 0 Å². The van der Waals surface area contributed by atoms with Gasteiger partial charge in [-0.15, -0.1) is 0 Å². The third kappa shape index (κ3) is 3.59. The van der Waals surface area contributed by atoms with Crippen molar-refractivity contribution in [3.05, 3.63) is 58.3 Å². The molecule has 6 heteroatoms. The van der Waals surface area contributed by atoms with E-state index in [0.29, 0.717) is 5.02 Å². The topological polar surface area (TPSA) is 38.3 Å². The number of para-hydroxylation sites is 1. The summed E-state index contributed by atoms with van der Waals surface area (Å²) < 4.78 is 18.3. The van der Waals surface area contributed by atoms with E-state index in [2.05, 4.69) is 5.32 Å². The van der Waals surface area contributed by atoms with Crippen molar-refractivity contribution in [3.63, 3.8) is 0 Å². The Morgan fingerprint density at radius 2 is 1.89 bits per heavy atom. The Morgan fingerprint density at radius 3 is 2.63 bits per heavy atom. The van der Waals surface area contributed by atoms with Crippen LogP contribution in [0.5, 0.6) is 5.75 Å². The van der Waals surface area contributed by atoms with Gasteiger partial charge in [-0.1, -0.05) is 35.3 Å². The summed E-state index contributed by atoms with van der Waals surface area (Å²) in [6.07, 6.45) is -0.853. The van der Waals surface area contributed by atoms with Crippen molar-refractivity contribution in [1.82, 2.24) is 0 Å². The molecule has 2 aromatic carbocycles. The molecule has 0 aliphatic carbocycles. The van der Waals surface area contributed by atoms with Crippen molar-refractivity contribution in [3.8, 4) is 5.75 Å². The Kier molecular flexibility index (Phi) is 4.24. The predicted octanol–water partition coefficient (Wildman–Crippen LogP) is 4.74. The third-order valence-electron chi connectivity index (χ3n) is 2.21. The van der Waals surface area contributed by atoms with Gasteiger partial charge in [-0.05, 0) is 24.3 Å². The van der Waals surface area contributed by atoms with Crippen molar-refractivity contribution >= 4 is 35.0 Å². The maximum atomic E-state index is 13.3. The zero-order valence-corrected chi connectivity index (χ0v) is 11.0. The van der Waals surface area contributed by atoms with Gasteiger partial charge in [0.05, 0.1) is 10.7 Å². The van der Waals surface area contributed by atoms with E-state index in [-0.39, 0.29) is 16.5 Å². The second kappa shape index (κ2) is 5.91. The van der Waals surface area contributed by atoms with Gasteiger partial charge < -0.3 is 4.74 Å². The molecule has 0 unspecified atom stereocenters. The number of hydrogen-bond donors (Lipinski definition) is 1. The monoisotopic (exact) mass is 299 g/mol. The minimum Gasteiger partial charge on any atom is -0.408 e. The second-order valence-electron chi connectivity index (χ2n) is 3.57. The summed E-state index contributed by atoms with van der Waals surface area (Å²) in [6.45, 7) is 0. The Hall–Kier alpha value is -1.78. The molecule has 3 nitrogen and oxygen atoms in total. The zero-order valence-electron chi connectivity index (χ0n) is 9.49. The summed E-state index contributed by atoms with van der Waals surface area (Å²) in [4.78, 5) is 11.6. The Bertz CT molecular complexity index is 619. The smallest absolute Gasteiger partial charge is 0.408 e. The molecular formula is C13H8Cl2FNO2. The lowest BCUT2D eigenvalue weighted by atomic mass is 10.3. The molecule has 0 saturated carbocycles. The summed E-state index contributed by atoms with van der Waals surface area (Å²) in [5, 5.41) is 2.87. The number of rotatable bonds is 2. The molecule has 0 aromatic heterocycles. The number of ether oxygens (including phenoxy) is 1. The lowest BCUT2D eigenvalue weighted by molar-refractivity contribution is 0.215. The fourth-order valence-electron chi connectivity index (χ4n) is 1.35. The number of carbonyl (C=O) groups excluding carboxylic acids is 1. The van der Waals surface area contributed by atoms with Gasteiger partial charge in [0.1, 0.15) is 5.82 Å². The molecule has 1 N–H and O–H groups in total. The first-order chi connectivity index (χ1) is 9.06. The Labute approximate surface area is 118 Å².